The van der Waals surface area contributed by atoms with Crippen LogP contribution < -0.4 is 21.3 Å². The lowest BCUT2D eigenvalue weighted by Crippen LogP contribution is -2.57. The fraction of sp³-hybridized carbons (Fsp3) is 0.872. The van der Waals surface area contributed by atoms with Gasteiger partial charge in [-0.25, -0.2) is 4.79 Å². The molecule has 3 heterocycles. The summed E-state index contributed by atoms with van der Waals surface area (Å²) in [5, 5.41) is 139. The molecule has 0 radical (unpaired) electrons. The number of thioether (sulfide) groups is 3. The molecule has 4 amide bonds. The number of carboxylic acid groups (broad SMARTS) is 1. The van der Waals surface area contributed by atoms with Crippen LogP contribution in [0.5, 0.6) is 0 Å². The third kappa shape index (κ3) is 18.8. The number of unbranched alkanes of at least 4 members (excludes halogenated alkanes) is 2. The number of carbonyl (C=O) groups is 5. The molecular formula is C39H68N4O21S3. The van der Waals surface area contributed by atoms with E-state index < -0.39 is 139 Å². The van der Waals surface area contributed by atoms with Crippen LogP contribution in [0.1, 0.15) is 57.8 Å². The molecule has 0 spiro atoms. The van der Waals surface area contributed by atoms with E-state index in [-0.39, 0.29) is 87.1 Å². The molecule has 0 aromatic carbocycles. The third-order valence-corrected chi connectivity index (χ3v) is 14.6. The fourth-order valence-corrected chi connectivity index (χ4v) is 10.4. The average Bonchev–Trinajstić information content (AvgIpc) is 3.30. The number of ether oxygens (including phenoxy) is 3. The number of aliphatic hydroxyl groups is 12. The predicted octanol–water partition coefficient (Wildman–Crippen LogP) is -6.62. The summed E-state index contributed by atoms with van der Waals surface area (Å²) >= 11 is 2.96. The van der Waals surface area contributed by atoms with Crippen molar-refractivity contribution in [3.05, 3.63) is 0 Å². The van der Waals surface area contributed by atoms with Crippen LogP contribution in [0.3, 0.4) is 0 Å². The Kier molecular flexibility index (Phi) is 26.9. The summed E-state index contributed by atoms with van der Waals surface area (Å²) in [6.45, 7) is -1.49. The Bertz CT molecular complexity index is 1530. The normalized spacial score (nSPS) is 33.0. The summed E-state index contributed by atoms with van der Waals surface area (Å²) < 4.78 is 16.3. The Balaban J connectivity index is 1.46. The molecule has 3 aliphatic rings. The summed E-state index contributed by atoms with van der Waals surface area (Å²) in [5.74, 6) is -3.18. The van der Waals surface area contributed by atoms with Crippen LogP contribution in [0, 0.1) is 0 Å². The van der Waals surface area contributed by atoms with Gasteiger partial charge < -0.3 is 102 Å². The maximum atomic E-state index is 13.5. The van der Waals surface area contributed by atoms with E-state index >= 15 is 0 Å². The molecule has 3 saturated heterocycles. The van der Waals surface area contributed by atoms with E-state index in [0.717, 1.165) is 35.3 Å². The zero-order valence-electron chi connectivity index (χ0n) is 36.6. The molecule has 0 aliphatic carbocycles. The van der Waals surface area contributed by atoms with Gasteiger partial charge in [0, 0.05) is 49.6 Å². The molecule has 17 unspecified atom stereocenters. The summed E-state index contributed by atoms with van der Waals surface area (Å²) in [6.07, 6.45) is -16.1. The Labute approximate surface area is 399 Å². The van der Waals surface area contributed by atoms with E-state index in [4.69, 9.17) is 14.2 Å². The van der Waals surface area contributed by atoms with E-state index in [1.54, 1.807) is 0 Å². The lowest BCUT2D eigenvalue weighted by molar-refractivity contribution is -0.205. The van der Waals surface area contributed by atoms with Crippen LogP contribution in [0.2, 0.25) is 0 Å². The van der Waals surface area contributed by atoms with E-state index in [0.29, 0.717) is 12.8 Å². The van der Waals surface area contributed by atoms with Gasteiger partial charge in [0.1, 0.15) is 102 Å². The molecule has 0 bridgehead atoms. The van der Waals surface area contributed by atoms with Crippen molar-refractivity contribution in [1.82, 2.24) is 21.3 Å². The maximum Gasteiger partial charge on any atom is 0.326 e. The molecule has 17 N–H and O–H groups in total. The first-order valence-electron chi connectivity index (χ1n) is 22.0. The van der Waals surface area contributed by atoms with Gasteiger partial charge in [-0.2, -0.15) is 0 Å². The number of aliphatic hydroxyl groups excluding tert-OH is 12. The molecule has 0 saturated carbocycles. The van der Waals surface area contributed by atoms with Crippen molar-refractivity contribution in [2.24, 2.45) is 0 Å². The number of hydrogen-bond acceptors (Lipinski definition) is 23. The second-order valence-corrected chi connectivity index (χ2v) is 19.8. The van der Waals surface area contributed by atoms with Crippen molar-refractivity contribution in [3.8, 4) is 0 Å². The number of carbonyl (C=O) groups excluding carboxylic acids is 4. The standard InChI is InChI=1S/C39H68N4O21S3/c44-15-20-26(50)29(53)32(56)37(62-20)65-12-7-23(47)40-10-3-1-5-18(42-25(49)9-14-67-39-34(58)31(55)28(52)22(17-46)64-39)35(59)43-19(36(60)61)6-2-4-11-41-24(48)8-13-66-38-33(57)30(54)27(51)21(16-45)63-38/h18-22,26-34,37-39,44-46,50-58H,1-17H2,(H,40,47)(H,41,48)(H,42,49)(H,43,59)(H,60,61). The molecule has 0 aromatic rings. The van der Waals surface area contributed by atoms with Gasteiger partial charge in [0.2, 0.25) is 23.6 Å². The molecule has 3 rings (SSSR count). The Morgan fingerprint density at radius 1 is 0.448 bits per heavy atom. The van der Waals surface area contributed by atoms with Gasteiger partial charge in [0.25, 0.3) is 0 Å². The highest BCUT2D eigenvalue weighted by Gasteiger charge is 2.46. The van der Waals surface area contributed by atoms with Gasteiger partial charge >= 0.3 is 5.97 Å². The second kappa shape index (κ2) is 30.5. The highest BCUT2D eigenvalue weighted by Crippen LogP contribution is 2.31. The van der Waals surface area contributed by atoms with Crippen LogP contribution in [-0.2, 0) is 38.2 Å². The molecule has 17 atom stereocenters. The number of aliphatic carboxylic acids is 1. The molecule has 3 aliphatic heterocycles. The Morgan fingerprint density at radius 3 is 1.13 bits per heavy atom. The predicted molar refractivity (Wildman–Crippen MR) is 238 cm³/mol. The van der Waals surface area contributed by atoms with E-state index in [1.165, 1.54) is 0 Å². The topological polar surface area (TPSA) is 424 Å². The largest absolute Gasteiger partial charge is 0.480 e. The first-order valence-corrected chi connectivity index (χ1v) is 25.1. The Hall–Kier alpha value is -2.20. The summed E-state index contributed by atoms with van der Waals surface area (Å²) in [6, 6.07) is -2.60. The van der Waals surface area contributed by atoms with Crippen LogP contribution in [0.25, 0.3) is 0 Å². The summed E-state index contributed by atoms with van der Waals surface area (Å²) in [4.78, 5) is 63.6. The van der Waals surface area contributed by atoms with Gasteiger partial charge in [-0.15, -0.1) is 35.3 Å². The number of amides is 4. The van der Waals surface area contributed by atoms with Crippen LogP contribution in [0.4, 0.5) is 0 Å². The molecule has 28 heteroatoms. The van der Waals surface area contributed by atoms with Gasteiger partial charge in [0.05, 0.1) is 19.8 Å². The van der Waals surface area contributed by atoms with Crippen LogP contribution in [-0.4, -0.2) is 248 Å². The van der Waals surface area contributed by atoms with Crippen molar-refractivity contribution >= 4 is 64.9 Å². The van der Waals surface area contributed by atoms with Crippen molar-refractivity contribution < 1.29 is 105 Å². The average molecular weight is 1030 g/mol. The minimum atomic E-state index is -1.61. The van der Waals surface area contributed by atoms with Gasteiger partial charge in [0.15, 0.2) is 0 Å². The smallest absolute Gasteiger partial charge is 0.326 e. The molecule has 25 nitrogen and oxygen atoms in total. The van der Waals surface area contributed by atoms with Gasteiger partial charge in [-0.05, 0) is 38.5 Å². The summed E-state index contributed by atoms with van der Waals surface area (Å²) in [5.41, 5.74) is -3.09. The van der Waals surface area contributed by atoms with Crippen molar-refractivity contribution in [2.45, 2.75) is 159 Å². The summed E-state index contributed by atoms with van der Waals surface area (Å²) in [7, 11) is 0. The van der Waals surface area contributed by atoms with Crippen LogP contribution in [0.15, 0.2) is 0 Å². The van der Waals surface area contributed by atoms with E-state index in [9.17, 15) is 90.4 Å². The first-order chi connectivity index (χ1) is 31.8. The van der Waals surface area contributed by atoms with Crippen LogP contribution >= 0.6 is 35.3 Å². The lowest BCUT2D eigenvalue weighted by atomic mass is 10.0. The highest BCUT2D eigenvalue weighted by molar-refractivity contribution is 8.00. The quantitative estimate of drug-likeness (QED) is 0.0310. The number of carboxylic acids is 1. The minimum absolute atomic E-state index is 0.00685. The van der Waals surface area contributed by atoms with E-state index in [1.807, 2.05) is 0 Å². The highest BCUT2D eigenvalue weighted by atomic mass is 32.2. The number of hydrogen-bond donors (Lipinski definition) is 17. The first kappa shape index (κ1) is 59.1. The van der Waals surface area contributed by atoms with Crippen molar-refractivity contribution in [2.75, 3.05) is 50.2 Å². The second-order valence-electron chi connectivity index (χ2n) is 16.2. The minimum Gasteiger partial charge on any atom is -0.480 e. The monoisotopic (exact) mass is 1020 g/mol. The molecular weight excluding hydrogens is 957 g/mol. The number of nitrogens with one attached hydrogen (secondary N) is 4. The Morgan fingerprint density at radius 2 is 0.791 bits per heavy atom. The number of rotatable bonds is 29. The third-order valence-electron chi connectivity index (χ3n) is 11.1. The maximum absolute atomic E-state index is 13.5. The van der Waals surface area contributed by atoms with Crippen molar-refractivity contribution in [1.29, 1.82) is 0 Å². The van der Waals surface area contributed by atoms with Gasteiger partial charge in [-0.3, -0.25) is 19.2 Å². The SMILES string of the molecule is O=C(CCSC1OC(CO)C(O)C(O)C1O)NCCCCC(NC(=O)C(CCCCNC(=O)CCSC1OC(CO)C(O)C(O)C1O)NC(=O)CCSC1OC(CO)C(O)C(O)C1O)C(=O)O. The van der Waals surface area contributed by atoms with Crippen molar-refractivity contribution in [3.63, 3.8) is 0 Å². The zero-order valence-corrected chi connectivity index (χ0v) is 39.1. The fourth-order valence-electron chi connectivity index (χ4n) is 7.06. The van der Waals surface area contributed by atoms with E-state index in [2.05, 4.69) is 21.3 Å². The molecule has 388 valence electrons. The molecule has 67 heavy (non-hydrogen) atoms. The lowest BCUT2D eigenvalue weighted by Gasteiger charge is -2.39. The zero-order chi connectivity index (χ0) is 49.8. The molecule has 0 aromatic heterocycles. The van der Waals surface area contributed by atoms with Gasteiger partial charge in [-0.1, -0.05) is 0 Å². The molecule has 3 fully saturated rings.